The van der Waals surface area contributed by atoms with Crippen LogP contribution >= 0.6 is 0 Å². The summed E-state index contributed by atoms with van der Waals surface area (Å²) in [6, 6.07) is 9.73. The molecule has 0 spiro atoms. The number of hydrogen-bond donors (Lipinski definition) is 0. The van der Waals surface area contributed by atoms with E-state index in [4.69, 9.17) is 14.6 Å². The number of nitrogens with zero attached hydrogens (tertiary/aromatic N) is 6. The Labute approximate surface area is 214 Å². The van der Waals surface area contributed by atoms with Crippen molar-refractivity contribution in [3.63, 3.8) is 0 Å². The highest BCUT2D eigenvalue weighted by molar-refractivity contribution is 5.60. The summed E-state index contributed by atoms with van der Waals surface area (Å²) in [6.07, 6.45) is 16.6. The monoisotopic (exact) mass is 496 g/mol. The summed E-state index contributed by atoms with van der Waals surface area (Å²) in [5.41, 5.74) is 5.31. The molecular weight excluding hydrogens is 468 g/mol. The summed E-state index contributed by atoms with van der Waals surface area (Å²) in [7, 11) is 3.13. The van der Waals surface area contributed by atoms with Gasteiger partial charge >= 0.3 is 0 Å². The standard InChI is InChI=1S/C28H28N6O3/c1-20-15-24(34(30-20)22-9-6-4-5-7-10-22)17-25-28(35)27(37-3)18-33(31-25)26-12-11-23(16-21(26)19-36-2)32-14-8-13-29-32/h4,6-16,18H,5,17,19H2,1-3H3. The van der Waals surface area contributed by atoms with Gasteiger partial charge in [0.1, 0.15) is 5.69 Å². The molecule has 5 rings (SSSR count). The number of ether oxygens (including phenoxy) is 2. The van der Waals surface area contributed by atoms with Gasteiger partial charge in [0, 0.05) is 31.5 Å². The lowest BCUT2D eigenvalue weighted by atomic mass is 10.1. The zero-order valence-corrected chi connectivity index (χ0v) is 21.0. The first-order valence-corrected chi connectivity index (χ1v) is 12.0. The minimum atomic E-state index is -0.254. The number of rotatable bonds is 8. The summed E-state index contributed by atoms with van der Waals surface area (Å²) >= 11 is 0. The third-order valence-corrected chi connectivity index (χ3v) is 6.01. The average Bonchev–Trinajstić information content (AvgIpc) is 3.48. The maximum absolute atomic E-state index is 13.3. The number of methoxy groups -OCH3 is 2. The molecule has 9 nitrogen and oxygen atoms in total. The molecule has 188 valence electrons. The minimum Gasteiger partial charge on any atom is -0.491 e. The molecule has 0 fully saturated rings. The van der Waals surface area contributed by atoms with Crippen molar-refractivity contribution >= 4 is 5.70 Å². The summed E-state index contributed by atoms with van der Waals surface area (Å²) in [5.74, 6) is 0.212. The molecule has 1 aromatic carbocycles. The number of benzene rings is 1. The number of hydrogen-bond acceptors (Lipinski definition) is 6. The molecule has 0 saturated heterocycles. The van der Waals surface area contributed by atoms with E-state index in [0.717, 1.165) is 40.4 Å². The van der Waals surface area contributed by atoms with Crippen molar-refractivity contribution in [2.75, 3.05) is 14.2 Å². The quantitative estimate of drug-likeness (QED) is 0.366. The molecule has 0 unspecified atom stereocenters. The molecule has 4 aromatic rings. The molecule has 0 saturated carbocycles. The van der Waals surface area contributed by atoms with E-state index in [9.17, 15) is 4.79 Å². The van der Waals surface area contributed by atoms with Gasteiger partial charge < -0.3 is 9.47 Å². The third-order valence-electron chi connectivity index (χ3n) is 6.01. The Morgan fingerprint density at radius 2 is 1.97 bits per heavy atom. The highest BCUT2D eigenvalue weighted by Crippen LogP contribution is 2.22. The van der Waals surface area contributed by atoms with Crippen LogP contribution in [0.5, 0.6) is 5.75 Å². The van der Waals surface area contributed by atoms with Crippen molar-refractivity contribution in [1.29, 1.82) is 0 Å². The number of aryl methyl sites for hydroxylation is 1. The van der Waals surface area contributed by atoms with E-state index >= 15 is 0 Å². The Hall–Kier alpha value is -4.50. The Morgan fingerprint density at radius 1 is 1.08 bits per heavy atom. The van der Waals surface area contributed by atoms with Crippen molar-refractivity contribution in [2.45, 2.75) is 26.4 Å². The summed E-state index contributed by atoms with van der Waals surface area (Å²) in [6.45, 7) is 2.29. The van der Waals surface area contributed by atoms with Crippen LogP contribution < -0.4 is 10.2 Å². The van der Waals surface area contributed by atoms with Crippen LogP contribution in [0.2, 0.25) is 0 Å². The summed E-state index contributed by atoms with van der Waals surface area (Å²) < 4.78 is 16.3. The first kappa shape index (κ1) is 24.2. The van der Waals surface area contributed by atoms with Crippen LogP contribution in [0, 0.1) is 6.92 Å². The van der Waals surface area contributed by atoms with Gasteiger partial charge in [-0.2, -0.15) is 15.3 Å². The van der Waals surface area contributed by atoms with E-state index in [1.807, 2.05) is 66.4 Å². The van der Waals surface area contributed by atoms with Crippen LogP contribution in [0.15, 0.2) is 84.1 Å². The van der Waals surface area contributed by atoms with Gasteiger partial charge in [0.2, 0.25) is 5.43 Å². The zero-order valence-electron chi connectivity index (χ0n) is 21.0. The van der Waals surface area contributed by atoms with Gasteiger partial charge in [-0.15, -0.1) is 0 Å². The first-order chi connectivity index (χ1) is 18.1. The van der Waals surface area contributed by atoms with Crippen molar-refractivity contribution in [2.24, 2.45) is 0 Å². The predicted octanol–water partition coefficient (Wildman–Crippen LogP) is 4.03. The van der Waals surface area contributed by atoms with E-state index in [1.54, 1.807) is 28.9 Å². The topological polar surface area (TPSA) is 89.0 Å². The second-order valence-electron chi connectivity index (χ2n) is 8.64. The summed E-state index contributed by atoms with van der Waals surface area (Å²) in [4.78, 5) is 13.3. The van der Waals surface area contributed by atoms with Crippen molar-refractivity contribution in [3.8, 4) is 17.1 Å². The molecule has 9 heteroatoms. The van der Waals surface area contributed by atoms with Crippen LogP contribution in [-0.2, 0) is 17.8 Å². The van der Waals surface area contributed by atoms with E-state index in [0.29, 0.717) is 12.3 Å². The van der Waals surface area contributed by atoms with Gasteiger partial charge in [-0.3, -0.25) is 4.79 Å². The molecule has 3 aromatic heterocycles. The number of allylic oxidation sites excluding steroid dienone is 6. The van der Waals surface area contributed by atoms with Crippen LogP contribution in [0.4, 0.5) is 0 Å². The zero-order chi connectivity index (χ0) is 25.8. The molecule has 0 bridgehead atoms. The van der Waals surface area contributed by atoms with Gasteiger partial charge in [-0.05, 0) is 55.8 Å². The molecular formula is C28H28N6O3. The molecule has 0 aliphatic heterocycles. The molecule has 0 N–H and O–H groups in total. The largest absolute Gasteiger partial charge is 0.491 e. The van der Waals surface area contributed by atoms with Crippen LogP contribution in [0.1, 0.15) is 29.1 Å². The maximum atomic E-state index is 13.3. The Balaban J connectivity index is 1.58. The van der Waals surface area contributed by atoms with E-state index in [-0.39, 0.29) is 17.6 Å². The Kier molecular flexibility index (Phi) is 6.96. The second kappa shape index (κ2) is 10.6. The third kappa shape index (κ3) is 5.07. The summed E-state index contributed by atoms with van der Waals surface area (Å²) in [5, 5.41) is 13.7. The molecule has 0 atom stereocenters. The maximum Gasteiger partial charge on any atom is 0.245 e. The Bertz CT molecular complexity index is 1560. The normalized spacial score (nSPS) is 13.0. The van der Waals surface area contributed by atoms with Gasteiger partial charge in [0.15, 0.2) is 5.75 Å². The highest BCUT2D eigenvalue weighted by Gasteiger charge is 2.18. The fourth-order valence-electron chi connectivity index (χ4n) is 4.31. The van der Waals surface area contributed by atoms with Crippen molar-refractivity contribution in [3.05, 3.63) is 112 Å². The van der Waals surface area contributed by atoms with Gasteiger partial charge in [0.05, 0.1) is 48.4 Å². The molecule has 37 heavy (non-hydrogen) atoms. The average molecular weight is 497 g/mol. The van der Waals surface area contributed by atoms with Gasteiger partial charge in [-0.25, -0.2) is 14.0 Å². The second-order valence-corrected chi connectivity index (χ2v) is 8.64. The van der Waals surface area contributed by atoms with E-state index < -0.39 is 0 Å². The van der Waals surface area contributed by atoms with Crippen LogP contribution in [0.25, 0.3) is 17.1 Å². The fraction of sp³-hybridized carbons (Fsp3) is 0.214. The predicted molar refractivity (Wildman–Crippen MR) is 141 cm³/mol. The van der Waals surface area contributed by atoms with Gasteiger partial charge in [0.25, 0.3) is 0 Å². The van der Waals surface area contributed by atoms with Crippen LogP contribution in [-0.4, -0.2) is 43.6 Å². The number of aromatic nitrogens is 6. The van der Waals surface area contributed by atoms with E-state index in [2.05, 4.69) is 22.3 Å². The van der Waals surface area contributed by atoms with E-state index in [1.165, 1.54) is 7.11 Å². The molecule has 1 aliphatic rings. The lowest BCUT2D eigenvalue weighted by molar-refractivity contribution is 0.184. The van der Waals surface area contributed by atoms with Crippen LogP contribution in [0.3, 0.4) is 0 Å². The molecule has 0 radical (unpaired) electrons. The van der Waals surface area contributed by atoms with Crippen molar-refractivity contribution < 1.29 is 9.47 Å². The highest BCUT2D eigenvalue weighted by atomic mass is 16.5. The molecule has 3 heterocycles. The fourth-order valence-corrected chi connectivity index (χ4v) is 4.31. The lowest BCUT2D eigenvalue weighted by Crippen LogP contribution is -2.21. The lowest BCUT2D eigenvalue weighted by Gasteiger charge is -2.15. The first-order valence-electron chi connectivity index (χ1n) is 12.0. The smallest absolute Gasteiger partial charge is 0.245 e. The molecule has 0 amide bonds. The van der Waals surface area contributed by atoms with Gasteiger partial charge in [-0.1, -0.05) is 18.2 Å². The SMILES string of the molecule is COCc1cc(-n2cccn2)ccc1-n1cc(OC)c(=O)c(Cc2cc(C)nn2C2=CC=CCC=C2)n1. The minimum absolute atomic E-state index is 0.212. The van der Waals surface area contributed by atoms with Crippen molar-refractivity contribution in [1.82, 2.24) is 29.3 Å². The molecule has 1 aliphatic carbocycles. The Morgan fingerprint density at radius 3 is 2.76 bits per heavy atom.